The highest BCUT2D eigenvalue weighted by molar-refractivity contribution is 7.10. The Balaban J connectivity index is 1.87. The topological polar surface area (TPSA) is 76.5 Å². The molecule has 1 aromatic heterocycles. The zero-order valence-corrected chi connectivity index (χ0v) is 15.1. The van der Waals surface area contributed by atoms with E-state index in [-0.39, 0.29) is 5.78 Å². The van der Waals surface area contributed by atoms with Gasteiger partial charge in [-0.15, -0.1) is 11.3 Å². The number of ether oxygens (including phenoxy) is 1. The smallest absolute Gasteiger partial charge is 0.347 e. The van der Waals surface area contributed by atoms with E-state index >= 15 is 0 Å². The highest BCUT2D eigenvalue weighted by atomic mass is 32.1. The number of nitrogens with zero attached hydrogens (tertiary/aromatic N) is 1. The van der Waals surface area contributed by atoms with Crippen LogP contribution in [0.2, 0.25) is 0 Å². The minimum Gasteiger partial charge on any atom is -0.478 e. The minimum absolute atomic E-state index is 0.0121. The maximum absolute atomic E-state index is 12.7. The molecule has 1 aromatic carbocycles. The molecule has 25 heavy (non-hydrogen) atoms. The third-order valence-electron chi connectivity index (χ3n) is 4.25. The van der Waals surface area contributed by atoms with Gasteiger partial charge in [-0.25, -0.2) is 9.78 Å². The van der Waals surface area contributed by atoms with Crippen molar-refractivity contribution in [2.75, 3.05) is 0 Å². The van der Waals surface area contributed by atoms with Gasteiger partial charge in [0.15, 0.2) is 11.4 Å². The number of fused-ring (bicyclic) bond motifs is 1. The van der Waals surface area contributed by atoms with E-state index in [2.05, 4.69) is 4.98 Å². The minimum atomic E-state index is -1.32. The van der Waals surface area contributed by atoms with Gasteiger partial charge in [0.2, 0.25) is 0 Å². The lowest BCUT2D eigenvalue weighted by Crippen LogP contribution is -2.37. The maximum atomic E-state index is 12.7. The molecule has 0 spiro atoms. The fraction of sp³-hybridized carbons (Fsp3) is 0.316. The molecule has 0 atom stereocenters. The first-order chi connectivity index (χ1) is 11.8. The van der Waals surface area contributed by atoms with Crippen LogP contribution in [0, 0.1) is 6.92 Å². The third kappa shape index (κ3) is 3.49. The number of carbonyl (C=O) groups is 2. The predicted molar refractivity (Wildman–Crippen MR) is 96.3 cm³/mol. The van der Waals surface area contributed by atoms with Gasteiger partial charge in [0.25, 0.3) is 0 Å². The van der Waals surface area contributed by atoms with Crippen molar-refractivity contribution >= 4 is 29.2 Å². The van der Waals surface area contributed by atoms with Crippen LogP contribution >= 0.6 is 11.3 Å². The van der Waals surface area contributed by atoms with Crippen LogP contribution in [0.15, 0.2) is 29.3 Å². The molecule has 130 valence electrons. The molecule has 1 aliphatic rings. The van der Waals surface area contributed by atoms with Crippen LogP contribution in [0.4, 0.5) is 0 Å². The van der Waals surface area contributed by atoms with Crippen molar-refractivity contribution in [2.45, 2.75) is 39.2 Å². The number of rotatable bonds is 4. The van der Waals surface area contributed by atoms with Crippen molar-refractivity contribution < 1.29 is 19.4 Å². The second-order valence-corrected chi connectivity index (χ2v) is 7.42. The fourth-order valence-electron chi connectivity index (χ4n) is 2.70. The van der Waals surface area contributed by atoms with Gasteiger partial charge < -0.3 is 9.84 Å². The molecular formula is C19H19NO4S. The Bertz CT molecular complexity index is 879. The van der Waals surface area contributed by atoms with Gasteiger partial charge in [-0.3, -0.25) is 4.79 Å². The summed E-state index contributed by atoms with van der Waals surface area (Å²) in [5, 5.41) is 9.17. The van der Waals surface area contributed by atoms with Crippen LogP contribution in [-0.2, 0) is 11.2 Å². The first-order valence-corrected chi connectivity index (χ1v) is 8.86. The van der Waals surface area contributed by atoms with E-state index < -0.39 is 11.6 Å². The number of carboxylic acids is 1. The fourth-order valence-corrected chi connectivity index (χ4v) is 3.46. The summed E-state index contributed by atoms with van der Waals surface area (Å²) in [5.41, 5.74) is 3.70. The van der Waals surface area contributed by atoms with Crippen molar-refractivity contribution in [3.63, 3.8) is 0 Å². The largest absolute Gasteiger partial charge is 0.478 e. The van der Waals surface area contributed by atoms with E-state index in [9.17, 15) is 14.7 Å². The number of aryl methyl sites for hydroxylation is 2. The van der Waals surface area contributed by atoms with E-state index in [1.165, 1.54) is 25.2 Å². The summed E-state index contributed by atoms with van der Waals surface area (Å²) in [4.78, 5) is 29.2. The summed E-state index contributed by atoms with van der Waals surface area (Å²) < 4.78 is 5.56. The van der Waals surface area contributed by atoms with E-state index in [0.29, 0.717) is 17.7 Å². The molecule has 0 bridgehead atoms. The number of carbonyl (C=O) groups excluding carboxylic acids is 1. The monoisotopic (exact) mass is 357 g/mol. The predicted octanol–water partition coefficient (Wildman–Crippen LogP) is 3.91. The first-order valence-electron chi connectivity index (χ1n) is 7.98. The molecule has 1 heterocycles. The van der Waals surface area contributed by atoms with Gasteiger partial charge in [0.05, 0.1) is 16.1 Å². The Labute approximate surface area is 150 Å². The number of ketones is 1. The molecule has 1 N–H and O–H groups in total. The lowest BCUT2D eigenvalue weighted by Gasteiger charge is -2.23. The molecule has 0 saturated carbocycles. The molecule has 0 saturated heterocycles. The summed E-state index contributed by atoms with van der Waals surface area (Å²) in [7, 11) is 0. The van der Waals surface area contributed by atoms with Crippen LogP contribution in [0.1, 0.15) is 46.8 Å². The molecule has 0 amide bonds. The second kappa shape index (κ2) is 6.44. The van der Waals surface area contributed by atoms with Crippen LogP contribution in [0.3, 0.4) is 0 Å². The van der Waals surface area contributed by atoms with Gasteiger partial charge >= 0.3 is 5.97 Å². The number of hydrogen-bond acceptors (Lipinski definition) is 5. The Morgan fingerprint density at radius 2 is 2.12 bits per heavy atom. The number of hydrogen-bond donors (Lipinski definition) is 1. The molecular weight excluding hydrogens is 338 g/mol. The lowest BCUT2D eigenvalue weighted by atomic mass is 9.86. The highest BCUT2D eigenvalue weighted by Crippen LogP contribution is 2.31. The number of thiazole rings is 1. The second-order valence-electron chi connectivity index (χ2n) is 6.54. The number of benzene rings is 1. The van der Waals surface area contributed by atoms with E-state index in [1.54, 1.807) is 23.7 Å². The normalized spacial score (nSPS) is 16.0. The molecule has 0 fully saturated rings. The summed E-state index contributed by atoms with van der Waals surface area (Å²) in [6, 6.07) is 5.15. The number of Topliss-reactive ketones (excluding diaryl/α,β-unsaturated/α-hetero) is 1. The molecule has 2 aromatic rings. The van der Waals surface area contributed by atoms with E-state index in [0.717, 1.165) is 28.1 Å². The summed E-state index contributed by atoms with van der Waals surface area (Å²) >= 11 is 1.52. The highest BCUT2D eigenvalue weighted by Gasteiger charge is 2.30. The quantitative estimate of drug-likeness (QED) is 0.840. The zero-order chi connectivity index (χ0) is 18.2. The molecule has 0 radical (unpaired) electrons. The van der Waals surface area contributed by atoms with E-state index in [1.807, 2.05) is 13.0 Å². The average molecular weight is 357 g/mol. The summed E-state index contributed by atoms with van der Waals surface area (Å²) in [6.45, 7) is 4.92. The Morgan fingerprint density at radius 3 is 2.76 bits per heavy atom. The van der Waals surface area contributed by atoms with Gasteiger partial charge in [-0.1, -0.05) is 0 Å². The van der Waals surface area contributed by atoms with Crippen LogP contribution in [0.5, 0.6) is 5.75 Å². The molecule has 5 nitrogen and oxygen atoms in total. The lowest BCUT2D eigenvalue weighted by molar-refractivity contribution is -0.152. The Morgan fingerprint density at radius 1 is 1.36 bits per heavy atom. The van der Waals surface area contributed by atoms with Crippen LogP contribution in [0.25, 0.3) is 6.08 Å². The first kappa shape index (κ1) is 17.4. The van der Waals surface area contributed by atoms with Crippen molar-refractivity contribution in [1.82, 2.24) is 4.98 Å². The number of aliphatic carboxylic acids is 1. The SMILES string of the molecule is Cc1ncsc1C=C1CCc2cc(OC(C)(C)C(=O)O)ccc2C1=O. The number of aromatic nitrogens is 1. The third-order valence-corrected chi connectivity index (χ3v) is 5.13. The van der Waals surface area contributed by atoms with Crippen LogP contribution < -0.4 is 4.74 Å². The van der Waals surface area contributed by atoms with Gasteiger partial charge in [-0.2, -0.15) is 0 Å². The van der Waals surface area contributed by atoms with Crippen LogP contribution in [-0.4, -0.2) is 27.4 Å². The molecule has 6 heteroatoms. The van der Waals surface area contributed by atoms with E-state index in [4.69, 9.17) is 4.74 Å². The van der Waals surface area contributed by atoms with Crippen molar-refractivity contribution in [1.29, 1.82) is 0 Å². The van der Waals surface area contributed by atoms with Gasteiger partial charge in [0, 0.05) is 11.1 Å². The number of carboxylic acid groups (broad SMARTS) is 1. The molecule has 3 rings (SSSR count). The molecule has 1 aliphatic carbocycles. The van der Waals surface area contributed by atoms with Crippen molar-refractivity contribution in [2.24, 2.45) is 0 Å². The summed E-state index contributed by atoms with van der Waals surface area (Å²) in [5.74, 6) is -0.561. The Hall–Kier alpha value is -2.47. The van der Waals surface area contributed by atoms with Crippen molar-refractivity contribution in [3.8, 4) is 5.75 Å². The Kier molecular flexibility index (Phi) is 4.47. The summed E-state index contributed by atoms with van der Waals surface area (Å²) in [6.07, 6.45) is 3.29. The van der Waals surface area contributed by atoms with Crippen molar-refractivity contribution in [3.05, 3.63) is 51.0 Å². The molecule has 0 aliphatic heterocycles. The standard InChI is InChI=1S/C19H19NO4S/c1-11-16(25-10-20-11)9-13-5-4-12-8-14(6-7-15(12)17(13)21)24-19(2,3)18(22)23/h6-10H,4-5H2,1-3H3,(H,22,23). The average Bonchev–Trinajstić information content (AvgIpc) is 2.94. The van der Waals surface area contributed by atoms with Gasteiger partial charge in [-0.05, 0) is 63.5 Å². The maximum Gasteiger partial charge on any atom is 0.347 e. The number of allylic oxidation sites excluding steroid dienone is 1. The van der Waals surface area contributed by atoms with Gasteiger partial charge in [0.1, 0.15) is 5.75 Å². The molecule has 0 unspecified atom stereocenters. The zero-order valence-electron chi connectivity index (χ0n) is 14.3.